The smallest absolute Gasteiger partial charge is 0.417 e. The van der Waals surface area contributed by atoms with Gasteiger partial charge in [-0.05, 0) is 30.3 Å². The Hall–Kier alpha value is -3.51. The molecule has 2 aliphatic rings. The summed E-state index contributed by atoms with van der Waals surface area (Å²) in [5.41, 5.74) is -1.84. The minimum absolute atomic E-state index is 0.0296. The zero-order valence-corrected chi connectivity index (χ0v) is 18.7. The van der Waals surface area contributed by atoms with Crippen LogP contribution in [-0.2, 0) is 17.5 Å². The predicted octanol–water partition coefficient (Wildman–Crippen LogP) is 3.61. The van der Waals surface area contributed by atoms with Gasteiger partial charge in [-0.2, -0.15) is 13.2 Å². The van der Waals surface area contributed by atoms with Crippen molar-refractivity contribution in [1.82, 2.24) is 19.7 Å². The van der Waals surface area contributed by atoms with Crippen molar-refractivity contribution in [3.05, 3.63) is 69.5 Å². The maximum absolute atomic E-state index is 14.7. The van der Waals surface area contributed by atoms with Crippen LogP contribution in [0.1, 0.15) is 33.1 Å². The van der Waals surface area contributed by atoms with Crippen LogP contribution >= 0.6 is 11.6 Å². The molecule has 1 N–H and O–H groups in total. The number of carbonyl (C=O) groups excluding carboxylic acids is 1. The Morgan fingerprint density at radius 2 is 1.97 bits per heavy atom. The Kier molecular flexibility index (Phi) is 5.52. The molecule has 2 aromatic carbocycles. The van der Waals surface area contributed by atoms with Crippen LogP contribution in [0, 0.1) is 5.82 Å². The molecule has 8 nitrogen and oxygen atoms in total. The van der Waals surface area contributed by atoms with E-state index in [-0.39, 0.29) is 52.6 Å². The Balaban J connectivity index is 1.67. The number of hydrogen-bond acceptors (Lipinski definition) is 6. The van der Waals surface area contributed by atoms with Crippen LogP contribution in [0.15, 0.2) is 35.3 Å². The summed E-state index contributed by atoms with van der Waals surface area (Å²) in [6, 6.07) is 4.99. The number of aliphatic imine (C=N–C) groups is 1. The molecule has 0 radical (unpaired) electrons. The molecule has 0 aliphatic carbocycles. The fourth-order valence-corrected chi connectivity index (χ4v) is 4.31. The number of carbonyl (C=O) groups is 1. The SMILES string of the molecule is COC1CN(C(=O)c2nc3n(n2)-c2ccc(C(F)(F)F)c(Cl)c2C(c2cc(O)ccc2F)=NC3)C1. The van der Waals surface area contributed by atoms with Gasteiger partial charge in [-0.25, -0.2) is 14.1 Å². The van der Waals surface area contributed by atoms with Gasteiger partial charge >= 0.3 is 6.18 Å². The van der Waals surface area contributed by atoms with Crippen LogP contribution in [0.25, 0.3) is 5.69 Å². The summed E-state index contributed by atoms with van der Waals surface area (Å²) in [4.78, 5) is 22.8. The molecule has 5 rings (SSSR count). The van der Waals surface area contributed by atoms with Crippen molar-refractivity contribution in [3.63, 3.8) is 0 Å². The van der Waals surface area contributed by atoms with E-state index in [0.717, 1.165) is 30.3 Å². The maximum atomic E-state index is 14.7. The predicted molar refractivity (Wildman–Crippen MR) is 115 cm³/mol. The van der Waals surface area contributed by atoms with E-state index < -0.39 is 28.5 Å². The number of phenolic OH excluding ortho intramolecular Hbond substituents is 1. The third-order valence-corrected chi connectivity index (χ3v) is 6.20. The minimum atomic E-state index is -4.80. The van der Waals surface area contributed by atoms with Crippen LogP contribution in [0.3, 0.4) is 0 Å². The summed E-state index contributed by atoms with van der Waals surface area (Å²) < 4.78 is 62.0. The van der Waals surface area contributed by atoms with Crippen molar-refractivity contribution in [1.29, 1.82) is 0 Å². The molecule has 35 heavy (non-hydrogen) atoms. The molecule has 182 valence electrons. The highest BCUT2D eigenvalue weighted by Gasteiger charge is 2.38. The highest BCUT2D eigenvalue weighted by atomic mass is 35.5. The quantitative estimate of drug-likeness (QED) is 0.545. The first-order chi connectivity index (χ1) is 16.6. The number of amides is 1. The second-order valence-electron chi connectivity index (χ2n) is 7.98. The Labute approximate surface area is 200 Å². The summed E-state index contributed by atoms with van der Waals surface area (Å²) in [5.74, 6) is -1.63. The van der Waals surface area contributed by atoms with E-state index >= 15 is 0 Å². The number of ether oxygens (including phenoxy) is 1. The molecule has 0 saturated carbocycles. The lowest BCUT2D eigenvalue weighted by molar-refractivity contribution is -0.137. The average Bonchev–Trinajstić information content (AvgIpc) is 3.12. The van der Waals surface area contributed by atoms with E-state index in [1.807, 2.05) is 0 Å². The Bertz CT molecular complexity index is 1380. The molecular formula is C22H16ClF4N5O3. The molecule has 3 aromatic rings. The highest BCUT2D eigenvalue weighted by molar-refractivity contribution is 6.37. The summed E-state index contributed by atoms with van der Waals surface area (Å²) in [6.07, 6.45) is -4.90. The number of aromatic hydroxyl groups is 1. The lowest BCUT2D eigenvalue weighted by atomic mass is 9.97. The number of halogens is 5. The van der Waals surface area contributed by atoms with Crippen LogP contribution < -0.4 is 0 Å². The maximum Gasteiger partial charge on any atom is 0.417 e. The number of likely N-dealkylation sites (tertiary alicyclic amines) is 1. The number of aromatic nitrogens is 3. The number of benzene rings is 2. The van der Waals surface area contributed by atoms with E-state index in [0.29, 0.717) is 13.1 Å². The summed E-state index contributed by atoms with van der Waals surface area (Å²) in [6.45, 7) is 0.475. The number of fused-ring (bicyclic) bond motifs is 3. The van der Waals surface area contributed by atoms with Crippen molar-refractivity contribution in [2.75, 3.05) is 20.2 Å². The number of phenols is 1. The van der Waals surface area contributed by atoms with Gasteiger partial charge in [0.2, 0.25) is 5.82 Å². The lowest BCUT2D eigenvalue weighted by Crippen LogP contribution is -2.54. The molecule has 1 amide bonds. The second kappa shape index (κ2) is 8.31. The number of rotatable bonds is 3. The number of methoxy groups -OCH3 is 1. The fourth-order valence-electron chi connectivity index (χ4n) is 3.95. The molecule has 1 fully saturated rings. The van der Waals surface area contributed by atoms with Crippen molar-refractivity contribution in [3.8, 4) is 11.4 Å². The van der Waals surface area contributed by atoms with Gasteiger partial charge in [-0.1, -0.05) is 11.6 Å². The molecule has 1 aromatic heterocycles. The van der Waals surface area contributed by atoms with E-state index in [4.69, 9.17) is 16.3 Å². The summed E-state index contributed by atoms with van der Waals surface area (Å²) in [5, 5.41) is 13.4. The van der Waals surface area contributed by atoms with E-state index in [1.54, 1.807) is 0 Å². The molecule has 0 bridgehead atoms. The zero-order chi connectivity index (χ0) is 25.1. The molecule has 1 saturated heterocycles. The number of hydrogen-bond donors (Lipinski definition) is 1. The van der Waals surface area contributed by atoms with Gasteiger partial charge in [0.25, 0.3) is 5.91 Å². The van der Waals surface area contributed by atoms with Crippen molar-refractivity contribution in [2.24, 2.45) is 4.99 Å². The molecule has 0 atom stereocenters. The number of alkyl halides is 3. The molecule has 0 unspecified atom stereocenters. The Morgan fingerprint density at radius 1 is 1.23 bits per heavy atom. The van der Waals surface area contributed by atoms with Gasteiger partial charge in [0, 0.05) is 31.3 Å². The van der Waals surface area contributed by atoms with E-state index in [1.165, 1.54) is 16.7 Å². The van der Waals surface area contributed by atoms with Gasteiger partial charge in [-0.15, -0.1) is 5.10 Å². The van der Waals surface area contributed by atoms with E-state index in [2.05, 4.69) is 15.1 Å². The van der Waals surface area contributed by atoms with Gasteiger partial charge in [0.15, 0.2) is 5.82 Å². The normalized spacial score (nSPS) is 15.7. The first-order valence-corrected chi connectivity index (χ1v) is 10.7. The van der Waals surface area contributed by atoms with Crippen LogP contribution in [0.2, 0.25) is 5.02 Å². The molecule has 3 heterocycles. The first kappa shape index (κ1) is 23.2. The van der Waals surface area contributed by atoms with Crippen LogP contribution in [0.4, 0.5) is 17.6 Å². The van der Waals surface area contributed by atoms with Crippen LogP contribution in [-0.4, -0.2) is 62.7 Å². The van der Waals surface area contributed by atoms with Crippen molar-refractivity contribution >= 4 is 23.2 Å². The van der Waals surface area contributed by atoms with E-state index in [9.17, 15) is 27.5 Å². The molecule has 13 heteroatoms. The average molecular weight is 510 g/mol. The molecule has 2 aliphatic heterocycles. The largest absolute Gasteiger partial charge is 0.508 e. The second-order valence-corrected chi connectivity index (χ2v) is 8.36. The van der Waals surface area contributed by atoms with Crippen molar-refractivity contribution < 1.29 is 32.2 Å². The molecule has 0 spiro atoms. The monoisotopic (exact) mass is 509 g/mol. The topological polar surface area (TPSA) is 92.8 Å². The van der Waals surface area contributed by atoms with Gasteiger partial charge < -0.3 is 14.7 Å². The fraction of sp³-hybridized carbons (Fsp3) is 0.273. The first-order valence-electron chi connectivity index (χ1n) is 10.3. The number of nitrogens with zero attached hydrogens (tertiary/aromatic N) is 5. The highest BCUT2D eigenvalue weighted by Crippen LogP contribution is 2.40. The molecular weight excluding hydrogens is 494 g/mol. The zero-order valence-electron chi connectivity index (χ0n) is 18.0. The van der Waals surface area contributed by atoms with Crippen molar-refractivity contribution in [2.45, 2.75) is 18.8 Å². The third-order valence-electron chi connectivity index (χ3n) is 5.81. The van der Waals surface area contributed by atoms with Gasteiger partial charge in [0.1, 0.15) is 11.6 Å². The Morgan fingerprint density at radius 3 is 2.66 bits per heavy atom. The van der Waals surface area contributed by atoms with Crippen LogP contribution in [0.5, 0.6) is 5.75 Å². The van der Waals surface area contributed by atoms with Gasteiger partial charge in [-0.3, -0.25) is 9.79 Å². The third kappa shape index (κ3) is 3.92. The minimum Gasteiger partial charge on any atom is -0.508 e. The van der Waals surface area contributed by atoms with Gasteiger partial charge in [0.05, 0.1) is 34.6 Å². The summed E-state index contributed by atoms with van der Waals surface area (Å²) >= 11 is 6.23. The standard InChI is InChI=1S/C22H16ClF4N5O3/c1-35-11-8-31(9-11)21(34)20-29-16-7-28-19(12-6-10(33)2-4-14(12)24)17-15(32(16)30-20)5-3-13(18(17)23)22(25,26)27/h2-6,11,33H,7-9H2,1H3. The summed E-state index contributed by atoms with van der Waals surface area (Å²) in [7, 11) is 1.53. The lowest BCUT2D eigenvalue weighted by Gasteiger charge is -2.37.